The molecule has 1 aromatic carbocycles. The first-order chi connectivity index (χ1) is 8.22. The van der Waals surface area contributed by atoms with Crippen LogP contribution in [-0.2, 0) is 9.53 Å². The third-order valence-corrected chi connectivity index (χ3v) is 2.49. The smallest absolute Gasteiger partial charge is 0.304 e. The summed E-state index contributed by atoms with van der Waals surface area (Å²) in [5.41, 5.74) is 1.69. The molecular weight excluding hydrogens is 218 g/mol. The van der Waals surface area contributed by atoms with Crippen LogP contribution in [-0.4, -0.2) is 21.0 Å². The van der Waals surface area contributed by atoms with Crippen LogP contribution < -0.4 is 0 Å². The lowest BCUT2D eigenvalue weighted by Gasteiger charge is -2.16. The molecule has 0 N–H and O–H groups in total. The van der Waals surface area contributed by atoms with Crippen molar-refractivity contribution in [3.05, 3.63) is 24.3 Å². The van der Waals surface area contributed by atoms with E-state index in [4.69, 9.17) is 4.74 Å². The summed E-state index contributed by atoms with van der Waals surface area (Å²) in [4.78, 5) is 11.1. The summed E-state index contributed by atoms with van der Waals surface area (Å²) in [7, 11) is 0. The van der Waals surface area contributed by atoms with Crippen molar-refractivity contribution in [2.24, 2.45) is 0 Å². The van der Waals surface area contributed by atoms with Crippen LogP contribution in [0.2, 0.25) is 0 Å². The van der Waals surface area contributed by atoms with Gasteiger partial charge in [0.05, 0.1) is 5.52 Å². The van der Waals surface area contributed by atoms with Crippen molar-refractivity contribution in [2.45, 2.75) is 32.9 Å². The van der Waals surface area contributed by atoms with E-state index in [1.54, 1.807) is 4.68 Å². The molecule has 5 heteroatoms. The normalized spacial score (nSPS) is 12.6. The van der Waals surface area contributed by atoms with Crippen molar-refractivity contribution in [2.75, 3.05) is 0 Å². The lowest BCUT2D eigenvalue weighted by molar-refractivity contribution is -0.152. The molecule has 1 unspecified atom stereocenters. The summed E-state index contributed by atoms with van der Waals surface area (Å²) >= 11 is 0. The van der Waals surface area contributed by atoms with Crippen LogP contribution in [0.5, 0.6) is 0 Å². The number of nitrogens with zero attached hydrogens (tertiary/aromatic N) is 3. The number of esters is 1. The molecule has 0 bridgehead atoms. The van der Waals surface area contributed by atoms with Gasteiger partial charge in [-0.2, -0.15) is 0 Å². The number of hydrogen-bond acceptors (Lipinski definition) is 4. The number of carbonyl (C=O) groups excluding carboxylic acids is 1. The zero-order chi connectivity index (χ0) is 12.3. The maximum absolute atomic E-state index is 11.1. The van der Waals surface area contributed by atoms with E-state index in [0.717, 1.165) is 23.9 Å². The van der Waals surface area contributed by atoms with Crippen LogP contribution in [0.3, 0.4) is 0 Å². The monoisotopic (exact) mass is 233 g/mol. The second kappa shape index (κ2) is 4.95. The summed E-state index contributed by atoms with van der Waals surface area (Å²) < 4.78 is 6.93. The predicted octanol–water partition coefficient (Wildman–Crippen LogP) is 2.29. The molecule has 1 atom stereocenters. The van der Waals surface area contributed by atoms with E-state index in [9.17, 15) is 4.79 Å². The van der Waals surface area contributed by atoms with Gasteiger partial charge in [-0.3, -0.25) is 4.79 Å². The topological polar surface area (TPSA) is 57.0 Å². The van der Waals surface area contributed by atoms with Gasteiger partial charge in [-0.15, -0.1) is 5.10 Å². The Morgan fingerprint density at radius 3 is 2.94 bits per heavy atom. The largest absolute Gasteiger partial charge is 0.440 e. The van der Waals surface area contributed by atoms with Gasteiger partial charge >= 0.3 is 5.97 Å². The fraction of sp³-hybridized carbons (Fsp3) is 0.417. The molecule has 17 heavy (non-hydrogen) atoms. The molecular formula is C12H15N3O2. The first-order valence-electron chi connectivity index (χ1n) is 5.69. The van der Waals surface area contributed by atoms with Crippen LogP contribution >= 0.6 is 0 Å². The molecule has 0 spiro atoms. The van der Waals surface area contributed by atoms with Crippen LogP contribution in [0.15, 0.2) is 24.3 Å². The number of aromatic nitrogens is 3. The first kappa shape index (κ1) is 11.6. The minimum atomic E-state index is -0.370. The van der Waals surface area contributed by atoms with Gasteiger partial charge in [0.15, 0.2) is 6.23 Å². The zero-order valence-corrected chi connectivity index (χ0v) is 9.96. The third-order valence-electron chi connectivity index (χ3n) is 2.49. The van der Waals surface area contributed by atoms with Gasteiger partial charge in [0.1, 0.15) is 5.52 Å². The maximum Gasteiger partial charge on any atom is 0.304 e. The number of benzene rings is 1. The highest BCUT2D eigenvalue weighted by atomic mass is 16.6. The highest BCUT2D eigenvalue weighted by Gasteiger charge is 2.17. The fourth-order valence-corrected chi connectivity index (χ4v) is 1.77. The van der Waals surface area contributed by atoms with Crippen molar-refractivity contribution in [1.82, 2.24) is 15.0 Å². The van der Waals surface area contributed by atoms with Gasteiger partial charge in [0.2, 0.25) is 0 Å². The van der Waals surface area contributed by atoms with Gasteiger partial charge in [0, 0.05) is 13.3 Å². The Labute approximate surface area is 99.4 Å². The van der Waals surface area contributed by atoms with Crippen LogP contribution in [0.4, 0.5) is 0 Å². The Morgan fingerprint density at radius 2 is 2.24 bits per heavy atom. The van der Waals surface area contributed by atoms with Crippen molar-refractivity contribution in [1.29, 1.82) is 0 Å². The molecule has 1 aromatic heterocycles. The van der Waals surface area contributed by atoms with Gasteiger partial charge in [-0.05, 0) is 12.1 Å². The number of ether oxygens (including phenoxy) is 1. The van der Waals surface area contributed by atoms with Gasteiger partial charge in [-0.25, -0.2) is 4.68 Å². The SMILES string of the molecule is CCCC(OC(C)=O)n1nnc2ccccc21. The van der Waals surface area contributed by atoms with Crippen LogP contribution in [0.25, 0.3) is 11.0 Å². The fourth-order valence-electron chi connectivity index (χ4n) is 1.77. The van der Waals surface area contributed by atoms with Crippen molar-refractivity contribution < 1.29 is 9.53 Å². The number of carbonyl (C=O) groups is 1. The molecule has 0 amide bonds. The molecule has 0 aliphatic rings. The van der Waals surface area contributed by atoms with E-state index in [-0.39, 0.29) is 12.2 Å². The van der Waals surface area contributed by atoms with E-state index in [0.29, 0.717) is 0 Å². The van der Waals surface area contributed by atoms with E-state index in [1.807, 2.05) is 31.2 Å². The Bertz CT molecular complexity index is 521. The number of hydrogen-bond donors (Lipinski definition) is 0. The van der Waals surface area contributed by atoms with Gasteiger partial charge in [-0.1, -0.05) is 30.7 Å². The quantitative estimate of drug-likeness (QED) is 0.760. The summed E-state index contributed by atoms with van der Waals surface area (Å²) in [5, 5.41) is 8.11. The predicted molar refractivity (Wildman–Crippen MR) is 63.2 cm³/mol. The van der Waals surface area contributed by atoms with Crippen molar-refractivity contribution in [3.8, 4) is 0 Å². The third kappa shape index (κ3) is 2.43. The van der Waals surface area contributed by atoms with Gasteiger partial charge < -0.3 is 4.74 Å². The van der Waals surface area contributed by atoms with E-state index >= 15 is 0 Å². The van der Waals surface area contributed by atoms with Crippen molar-refractivity contribution in [3.63, 3.8) is 0 Å². The Kier molecular flexibility index (Phi) is 3.37. The second-order valence-electron chi connectivity index (χ2n) is 3.88. The number of rotatable bonds is 4. The van der Waals surface area contributed by atoms with E-state index in [2.05, 4.69) is 10.3 Å². The van der Waals surface area contributed by atoms with Crippen LogP contribution in [0.1, 0.15) is 32.9 Å². The Morgan fingerprint density at radius 1 is 1.47 bits per heavy atom. The molecule has 0 radical (unpaired) electrons. The molecule has 0 fully saturated rings. The summed E-state index contributed by atoms with van der Waals surface area (Å²) in [5.74, 6) is -0.303. The average molecular weight is 233 g/mol. The second-order valence-corrected chi connectivity index (χ2v) is 3.88. The van der Waals surface area contributed by atoms with E-state index < -0.39 is 0 Å². The maximum atomic E-state index is 11.1. The minimum absolute atomic E-state index is 0.303. The standard InChI is InChI=1S/C12H15N3O2/c1-3-6-12(17-9(2)16)15-11-8-5-4-7-10(11)13-14-15/h4-5,7-8,12H,3,6H2,1-2H3. The number of para-hydroxylation sites is 1. The molecule has 0 saturated carbocycles. The zero-order valence-electron chi connectivity index (χ0n) is 9.96. The van der Waals surface area contributed by atoms with Crippen LogP contribution in [0, 0.1) is 0 Å². The number of fused-ring (bicyclic) bond motifs is 1. The molecule has 2 rings (SSSR count). The van der Waals surface area contributed by atoms with Crippen molar-refractivity contribution >= 4 is 17.0 Å². The molecule has 90 valence electrons. The lowest BCUT2D eigenvalue weighted by Crippen LogP contribution is -2.17. The molecule has 2 aromatic rings. The average Bonchev–Trinajstić information content (AvgIpc) is 2.71. The Hall–Kier alpha value is -1.91. The Balaban J connectivity index is 2.37. The molecule has 5 nitrogen and oxygen atoms in total. The van der Waals surface area contributed by atoms with E-state index in [1.165, 1.54) is 6.92 Å². The molecule has 0 saturated heterocycles. The summed E-state index contributed by atoms with van der Waals surface area (Å²) in [6.45, 7) is 3.44. The first-order valence-corrected chi connectivity index (χ1v) is 5.69. The summed E-state index contributed by atoms with van der Waals surface area (Å²) in [6, 6.07) is 7.62. The molecule has 0 aliphatic carbocycles. The minimum Gasteiger partial charge on any atom is -0.440 e. The highest BCUT2D eigenvalue weighted by Crippen LogP contribution is 2.20. The van der Waals surface area contributed by atoms with Gasteiger partial charge in [0.25, 0.3) is 0 Å². The highest BCUT2D eigenvalue weighted by molar-refractivity contribution is 5.74. The molecule has 0 aliphatic heterocycles. The summed E-state index contributed by atoms with van der Waals surface area (Å²) in [6.07, 6.45) is 1.27. The molecule has 1 heterocycles. The lowest BCUT2D eigenvalue weighted by atomic mass is 10.3.